The zero-order valence-corrected chi connectivity index (χ0v) is 14.3. The molecule has 4 bridgehead atoms. The van der Waals surface area contributed by atoms with Gasteiger partial charge in [-0.2, -0.15) is 0 Å². The fourth-order valence-corrected chi connectivity index (χ4v) is 6.64. The number of hydrogen-bond donors (Lipinski definition) is 1. The number of fused-ring (bicyclic) bond motifs is 1. The van der Waals surface area contributed by atoms with E-state index >= 15 is 0 Å². The van der Waals surface area contributed by atoms with Crippen LogP contribution in [0.5, 0.6) is 0 Å². The number of nitrogens with one attached hydrogen (secondary N) is 1. The number of H-pyrrole nitrogens is 1. The topological polar surface area (TPSA) is 20.7 Å². The van der Waals surface area contributed by atoms with Crippen molar-refractivity contribution in [2.45, 2.75) is 44.1 Å². The van der Waals surface area contributed by atoms with Crippen molar-refractivity contribution in [1.29, 1.82) is 0 Å². The molecule has 4 aliphatic carbocycles. The number of hydrogen-bond acceptors (Lipinski definition) is 1. The summed E-state index contributed by atoms with van der Waals surface area (Å²) in [6, 6.07) is 6.48. The molecule has 0 saturated heterocycles. The van der Waals surface area contributed by atoms with Crippen molar-refractivity contribution in [3.63, 3.8) is 0 Å². The van der Waals surface area contributed by atoms with Crippen LogP contribution in [0.25, 0.3) is 11.0 Å². The van der Waals surface area contributed by atoms with Crippen LogP contribution in [-0.4, -0.2) is 9.55 Å². The molecule has 1 aromatic heterocycles. The SMILES string of the molecule is S=c1[nH]c2ccc(Br)cc2n1C12CC3CC(CC(C3)C1)C2. The molecule has 21 heavy (non-hydrogen) atoms. The summed E-state index contributed by atoms with van der Waals surface area (Å²) in [5, 5.41) is 0. The molecule has 1 heterocycles. The van der Waals surface area contributed by atoms with Crippen LogP contribution in [0.2, 0.25) is 0 Å². The maximum absolute atomic E-state index is 5.72. The van der Waals surface area contributed by atoms with Gasteiger partial charge in [0, 0.05) is 10.0 Å². The van der Waals surface area contributed by atoms with Crippen molar-refractivity contribution < 1.29 is 0 Å². The summed E-state index contributed by atoms with van der Waals surface area (Å²) in [6.07, 6.45) is 8.43. The highest BCUT2D eigenvalue weighted by Crippen LogP contribution is 2.59. The predicted octanol–water partition coefficient (Wildman–Crippen LogP) is 5.39. The van der Waals surface area contributed by atoms with Crippen molar-refractivity contribution in [3.8, 4) is 0 Å². The maximum atomic E-state index is 5.72. The second kappa shape index (κ2) is 4.23. The Morgan fingerprint density at radius 3 is 2.33 bits per heavy atom. The Hall–Kier alpha value is -0.610. The molecule has 2 aromatic rings. The average Bonchev–Trinajstić information content (AvgIpc) is 2.72. The van der Waals surface area contributed by atoms with Gasteiger partial charge in [0.1, 0.15) is 0 Å². The van der Waals surface area contributed by atoms with Gasteiger partial charge in [-0.3, -0.25) is 0 Å². The molecule has 0 radical (unpaired) electrons. The van der Waals surface area contributed by atoms with Crippen LogP contribution in [0.4, 0.5) is 0 Å². The van der Waals surface area contributed by atoms with E-state index in [0.717, 1.165) is 27.0 Å². The van der Waals surface area contributed by atoms with Gasteiger partial charge in [-0.15, -0.1) is 0 Å². The molecule has 1 N–H and O–H groups in total. The quantitative estimate of drug-likeness (QED) is 0.674. The second-order valence-electron chi connectivity index (χ2n) is 7.57. The number of aromatic nitrogens is 2. The monoisotopic (exact) mass is 362 g/mol. The van der Waals surface area contributed by atoms with E-state index in [1.54, 1.807) is 0 Å². The van der Waals surface area contributed by atoms with Crippen molar-refractivity contribution in [1.82, 2.24) is 9.55 Å². The Bertz CT molecular complexity index is 752. The highest BCUT2D eigenvalue weighted by Gasteiger charge is 2.52. The van der Waals surface area contributed by atoms with Gasteiger partial charge in [0.05, 0.1) is 11.0 Å². The van der Waals surface area contributed by atoms with Gasteiger partial charge in [0.25, 0.3) is 0 Å². The standard InChI is InChI=1S/C17H19BrN2S/c18-13-1-2-14-15(6-13)20(16(21)19-14)17-7-10-3-11(8-17)5-12(4-10)9-17/h1-2,6,10-12H,3-5,7-9H2,(H,19,21). The Balaban J connectivity index is 1.75. The molecule has 0 atom stereocenters. The molecular formula is C17H19BrN2S. The third-order valence-electron chi connectivity index (χ3n) is 6.13. The van der Waals surface area contributed by atoms with Crippen LogP contribution in [0.3, 0.4) is 0 Å². The molecule has 0 amide bonds. The van der Waals surface area contributed by atoms with Crippen LogP contribution < -0.4 is 0 Å². The van der Waals surface area contributed by atoms with Gasteiger partial charge >= 0.3 is 0 Å². The fourth-order valence-electron chi connectivity index (χ4n) is 5.89. The molecule has 0 spiro atoms. The third kappa shape index (κ3) is 1.78. The molecule has 2 nitrogen and oxygen atoms in total. The summed E-state index contributed by atoms with van der Waals surface area (Å²) in [7, 11) is 0. The average molecular weight is 363 g/mol. The lowest BCUT2D eigenvalue weighted by atomic mass is 9.53. The number of rotatable bonds is 1. The van der Waals surface area contributed by atoms with Crippen molar-refractivity contribution in [2.24, 2.45) is 17.8 Å². The van der Waals surface area contributed by atoms with Crippen molar-refractivity contribution in [3.05, 3.63) is 27.4 Å². The van der Waals surface area contributed by atoms with Crippen molar-refractivity contribution >= 4 is 39.2 Å². The molecule has 4 heteroatoms. The second-order valence-corrected chi connectivity index (χ2v) is 8.87. The molecule has 4 saturated carbocycles. The van der Waals surface area contributed by atoms with E-state index in [-0.39, 0.29) is 0 Å². The summed E-state index contributed by atoms with van der Waals surface area (Å²) in [4.78, 5) is 3.44. The summed E-state index contributed by atoms with van der Waals surface area (Å²) in [6.45, 7) is 0. The van der Waals surface area contributed by atoms with Gasteiger partial charge < -0.3 is 9.55 Å². The van der Waals surface area contributed by atoms with Gasteiger partial charge in [0.2, 0.25) is 0 Å². The van der Waals surface area contributed by atoms with Crippen LogP contribution in [0.15, 0.2) is 22.7 Å². The molecule has 1 aromatic carbocycles. The zero-order chi connectivity index (χ0) is 14.2. The summed E-state index contributed by atoms with van der Waals surface area (Å²) >= 11 is 9.35. The van der Waals surface area contributed by atoms with Gasteiger partial charge in [-0.1, -0.05) is 15.9 Å². The lowest BCUT2D eigenvalue weighted by Crippen LogP contribution is -2.51. The van der Waals surface area contributed by atoms with E-state index in [9.17, 15) is 0 Å². The number of halogens is 1. The third-order valence-corrected chi connectivity index (χ3v) is 6.90. The van der Waals surface area contributed by atoms with Gasteiger partial charge in [-0.05, 0) is 86.7 Å². The first-order chi connectivity index (χ1) is 10.1. The first kappa shape index (κ1) is 12.9. The van der Waals surface area contributed by atoms with E-state index < -0.39 is 0 Å². The first-order valence-electron chi connectivity index (χ1n) is 8.04. The number of aromatic amines is 1. The van der Waals surface area contributed by atoms with Crippen molar-refractivity contribution in [2.75, 3.05) is 0 Å². The molecule has 4 fully saturated rings. The normalized spacial score (nSPS) is 37.5. The van der Waals surface area contributed by atoms with E-state index in [0.29, 0.717) is 5.54 Å². The molecular weight excluding hydrogens is 344 g/mol. The van der Waals surface area contributed by atoms with Crippen LogP contribution >= 0.6 is 28.1 Å². The van der Waals surface area contributed by atoms with Crippen LogP contribution in [0.1, 0.15) is 38.5 Å². The highest BCUT2D eigenvalue weighted by molar-refractivity contribution is 9.10. The minimum absolute atomic E-state index is 0.297. The van der Waals surface area contributed by atoms with E-state index in [4.69, 9.17) is 12.2 Å². The Morgan fingerprint density at radius 2 is 1.71 bits per heavy atom. The minimum atomic E-state index is 0.297. The molecule has 0 unspecified atom stereocenters. The Labute approximate surface area is 138 Å². The van der Waals surface area contributed by atoms with E-state index in [1.807, 2.05) is 0 Å². The fraction of sp³-hybridized carbons (Fsp3) is 0.588. The highest BCUT2D eigenvalue weighted by atomic mass is 79.9. The molecule has 4 aliphatic rings. The molecule has 6 rings (SSSR count). The van der Waals surface area contributed by atoms with Crippen LogP contribution in [0, 0.1) is 22.5 Å². The first-order valence-corrected chi connectivity index (χ1v) is 9.24. The Morgan fingerprint density at radius 1 is 1.10 bits per heavy atom. The number of benzene rings is 1. The molecule has 110 valence electrons. The minimum Gasteiger partial charge on any atom is -0.331 e. The predicted molar refractivity (Wildman–Crippen MR) is 91.0 cm³/mol. The lowest BCUT2D eigenvalue weighted by molar-refractivity contribution is -0.0416. The van der Waals surface area contributed by atoms with E-state index in [2.05, 4.69) is 43.7 Å². The lowest BCUT2D eigenvalue weighted by Gasteiger charge is -2.57. The summed E-state index contributed by atoms with van der Waals surface area (Å²) in [5.41, 5.74) is 2.76. The summed E-state index contributed by atoms with van der Waals surface area (Å²) in [5.74, 6) is 2.82. The summed E-state index contributed by atoms with van der Waals surface area (Å²) < 4.78 is 4.56. The molecule has 0 aliphatic heterocycles. The van der Waals surface area contributed by atoms with Gasteiger partial charge in [0.15, 0.2) is 4.77 Å². The Kier molecular flexibility index (Phi) is 2.59. The maximum Gasteiger partial charge on any atom is 0.178 e. The van der Waals surface area contributed by atoms with E-state index in [1.165, 1.54) is 49.6 Å². The number of nitrogens with zero attached hydrogens (tertiary/aromatic N) is 1. The smallest absolute Gasteiger partial charge is 0.178 e. The zero-order valence-electron chi connectivity index (χ0n) is 11.9. The number of imidazole rings is 1. The van der Waals surface area contributed by atoms with Crippen LogP contribution in [-0.2, 0) is 5.54 Å². The van der Waals surface area contributed by atoms with Gasteiger partial charge in [-0.25, -0.2) is 0 Å². The largest absolute Gasteiger partial charge is 0.331 e.